The van der Waals surface area contributed by atoms with Gasteiger partial charge in [-0.15, -0.1) is 0 Å². The Morgan fingerprint density at radius 2 is 2.09 bits per heavy atom. The fraction of sp³-hybridized carbons (Fsp3) is 0.438. The van der Waals surface area contributed by atoms with Crippen LogP contribution in [0.2, 0.25) is 0 Å². The number of rotatable bonds is 7. The highest BCUT2D eigenvalue weighted by Gasteiger charge is 2.23. The number of hydrogen-bond acceptors (Lipinski definition) is 5. The van der Waals surface area contributed by atoms with Gasteiger partial charge in [0.2, 0.25) is 0 Å². The second-order valence-corrected chi connectivity index (χ2v) is 5.30. The molecule has 118 valence electrons. The van der Waals surface area contributed by atoms with E-state index in [0.29, 0.717) is 13.2 Å². The molecule has 2 aromatic rings. The van der Waals surface area contributed by atoms with Gasteiger partial charge in [0, 0.05) is 31.3 Å². The van der Waals surface area contributed by atoms with Crippen molar-refractivity contribution in [3.8, 4) is 11.5 Å². The van der Waals surface area contributed by atoms with Crippen molar-refractivity contribution in [1.82, 2.24) is 14.7 Å². The summed E-state index contributed by atoms with van der Waals surface area (Å²) in [6.45, 7) is 3.91. The third kappa shape index (κ3) is 3.23. The minimum Gasteiger partial charge on any atom is -0.497 e. The fourth-order valence-corrected chi connectivity index (χ4v) is 2.70. The summed E-state index contributed by atoms with van der Waals surface area (Å²) in [4.78, 5) is 2.32. The van der Waals surface area contributed by atoms with E-state index >= 15 is 0 Å². The van der Waals surface area contributed by atoms with Gasteiger partial charge in [-0.25, -0.2) is 0 Å². The number of aliphatic hydroxyl groups excluding tert-OH is 1. The molecule has 1 N–H and O–H groups in total. The number of aliphatic hydroxyl groups is 1. The summed E-state index contributed by atoms with van der Waals surface area (Å²) in [5, 5.41) is 13.3. The first-order valence-corrected chi connectivity index (χ1v) is 7.44. The molecule has 0 amide bonds. The standard InChI is InChI=1S/C16H21N3O3/c1-21-14-3-2-4-15(9-14)22-8-6-18-11-13-10-17-19(5-7-20)16(13)12-18/h2-4,9-10,20H,5-8,11-12H2,1H3. The molecule has 0 aliphatic carbocycles. The third-order valence-corrected chi connectivity index (χ3v) is 3.83. The molecule has 1 aromatic carbocycles. The van der Waals surface area contributed by atoms with E-state index < -0.39 is 0 Å². The van der Waals surface area contributed by atoms with Crippen molar-refractivity contribution in [2.45, 2.75) is 19.6 Å². The number of methoxy groups -OCH3 is 1. The van der Waals surface area contributed by atoms with Gasteiger partial charge in [-0.3, -0.25) is 9.58 Å². The molecule has 0 bridgehead atoms. The van der Waals surface area contributed by atoms with Crippen LogP contribution in [-0.2, 0) is 19.6 Å². The number of hydrogen-bond donors (Lipinski definition) is 1. The molecule has 0 unspecified atom stereocenters. The van der Waals surface area contributed by atoms with Gasteiger partial charge >= 0.3 is 0 Å². The molecule has 1 aliphatic heterocycles. The first-order valence-electron chi connectivity index (χ1n) is 7.44. The van der Waals surface area contributed by atoms with Gasteiger partial charge < -0.3 is 14.6 Å². The molecule has 3 rings (SSSR count). The van der Waals surface area contributed by atoms with E-state index in [1.54, 1.807) is 7.11 Å². The summed E-state index contributed by atoms with van der Waals surface area (Å²) >= 11 is 0. The maximum atomic E-state index is 9.04. The molecule has 1 aromatic heterocycles. The summed E-state index contributed by atoms with van der Waals surface area (Å²) in [6, 6.07) is 7.64. The zero-order valence-electron chi connectivity index (χ0n) is 12.7. The van der Waals surface area contributed by atoms with E-state index in [4.69, 9.17) is 14.6 Å². The average molecular weight is 303 g/mol. The number of nitrogens with zero attached hydrogens (tertiary/aromatic N) is 3. The van der Waals surface area contributed by atoms with Crippen molar-refractivity contribution >= 4 is 0 Å². The van der Waals surface area contributed by atoms with Crippen molar-refractivity contribution in [2.75, 3.05) is 26.9 Å². The van der Waals surface area contributed by atoms with Gasteiger partial charge in [-0.05, 0) is 12.1 Å². The minimum atomic E-state index is 0.118. The predicted molar refractivity (Wildman–Crippen MR) is 81.9 cm³/mol. The Kier molecular flexibility index (Phi) is 4.60. The highest BCUT2D eigenvalue weighted by Crippen LogP contribution is 2.22. The Morgan fingerprint density at radius 3 is 2.91 bits per heavy atom. The Morgan fingerprint density at radius 1 is 1.23 bits per heavy atom. The number of benzene rings is 1. The van der Waals surface area contributed by atoms with Gasteiger partial charge in [0.05, 0.1) is 32.2 Å². The molecule has 0 radical (unpaired) electrons. The minimum absolute atomic E-state index is 0.118. The molecule has 1 aliphatic rings. The van der Waals surface area contributed by atoms with Crippen LogP contribution >= 0.6 is 0 Å². The van der Waals surface area contributed by atoms with Crippen LogP contribution < -0.4 is 9.47 Å². The Balaban J connectivity index is 1.49. The van der Waals surface area contributed by atoms with Gasteiger partial charge in [0.1, 0.15) is 18.1 Å². The van der Waals surface area contributed by atoms with Gasteiger partial charge in [0.15, 0.2) is 0 Å². The van der Waals surface area contributed by atoms with Crippen LogP contribution in [0.25, 0.3) is 0 Å². The SMILES string of the molecule is COc1cccc(OCCN2Cc3cnn(CCO)c3C2)c1. The van der Waals surface area contributed by atoms with Crippen LogP contribution in [-0.4, -0.2) is 46.7 Å². The summed E-state index contributed by atoms with van der Waals surface area (Å²) in [5.74, 6) is 1.62. The molecule has 0 saturated carbocycles. The average Bonchev–Trinajstić information content (AvgIpc) is 3.09. The zero-order valence-corrected chi connectivity index (χ0v) is 12.7. The van der Waals surface area contributed by atoms with Crippen LogP contribution in [0.5, 0.6) is 11.5 Å². The molecule has 6 nitrogen and oxygen atoms in total. The Labute approximate surface area is 129 Å². The fourth-order valence-electron chi connectivity index (χ4n) is 2.70. The zero-order chi connectivity index (χ0) is 15.4. The molecule has 0 atom stereocenters. The van der Waals surface area contributed by atoms with E-state index in [2.05, 4.69) is 10.00 Å². The number of fused-ring (bicyclic) bond motifs is 1. The molecule has 0 fully saturated rings. The van der Waals surface area contributed by atoms with Gasteiger partial charge in [-0.2, -0.15) is 5.10 Å². The van der Waals surface area contributed by atoms with Crippen molar-refractivity contribution in [3.05, 3.63) is 41.7 Å². The van der Waals surface area contributed by atoms with Crippen LogP contribution in [0.15, 0.2) is 30.5 Å². The van der Waals surface area contributed by atoms with Crippen LogP contribution in [0.1, 0.15) is 11.3 Å². The van der Waals surface area contributed by atoms with Gasteiger partial charge in [0.25, 0.3) is 0 Å². The summed E-state index contributed by atoms with van der Waals surface area (Å²) in [5.41, 5.74) is 2.45. The van der Waals surface area contributed by atoms with Crippen LogP contribution in [0.3, 0.4) is 0 Å². The van der Waals surface area contributed by atoms with Crippen molar-refractivity contribution in [3.63, 3.8) is 0 Å². The maximum Gasteiger partial charge on any atom is 0.123 e. The van der Waals surface area contributed by atoms with Crippen LogP contribution in [0, 0.1) is 0 Å². The Bertz CT molecular complexity index is 627. The molecule has 0 spiro atoms. The lowest BCUT2D eigenvalue weighted by molar-refractivity contribution is 0.205. The largest absolute Gasteiger partial charge is 0.497 e. The molecule has 0 saturated heterocycles. The smallest absolute Gasteiger partial charge is 0.123 e. The third-order valence-electron chi connectivity index (χ3n) is 3.83. The lowest BCUT2D eigenvalue weighted by Gasteiger charge is -2.16. The number of ether oxygens (including phenoxy) is 2. The lowest BCUT2D eigenvalue weighted by Crippen LogP contribution is -2.24. The maximum absolute atomic E-state index is 9.04. The normalized spacial score (nSPS) is 14.1. The second kappa shape index (κ2) is 6.81. The van der Waals surface area contributed by atoms with Crippen molar-refractivity contribution in [1.29, 1.82) is 0 Å². The Hall–Kier alpha value is -2.05. The first-order chi connectivity index (χ1) is 10.8. The highest BCUT2D eigenvalue weighted by atomic mass is 16.5. The molecular formula is C16H21N3O3. The topological polar surface area (TPSA) is 59.8 Å². The van der Waals surface area contributed by atoms with Gasteiger partial charge in [-0.1, -0.05) is 6.07 Å². The second-order valence-electron chi connectivity index (χ2n) is 5.30. The van der Waals surface area contributed by atoms with E-state index in [1.807, 2.05) is 35.1 Å². The summed E-state index contributed by atoms with van der Waals surface area (Å²) in [6.07, 6.45) is 1.90. The molecular weight excluding hydrogens is 282 g/mol. The number of aromatic nitrogens is 2. The van der Waals surface area contributed by atoms with Crippen molar-refractivity contribution in [2.24, 2.45) is 0 Å². The quantitative estimate of drug-likeness (QED) is 0.835. The summed E-state index contributed by atoms with van der Waals surface area (Å²) < 4.78 is 12.8. The van der Waals surface area contributed by atoms with E-state index in [-0.39, 0.29) is 6.61 Å². The predicted octanol–water partition coefficient (Wildman–Crippen LogP) is 1.28. The monoisotopic (exact) mass is 303 g/mol. The van der Waals surface area contributed by atoms with Crippen LogP contribution in [0.4, 0.5) is 0 Å². The molecule has 2 heterocycles. The molecule has 22 heavy (non-hydrogen) atoms. The summed E-state index contributed by atoms with van der Waals surface area (Å²) in [7, 11) is 1.65. The highest BCUT2D eigenvalue weighted by molar-refractivity contribution is 5.32. The molecule has 6 heteroatoms. The van der Waals surface area contributed by atoms with E-state index in [0.717, 1.165) is 31.1 Å². The first kappa shape index (κ1) is 14.9. The van der Waals surface area contributed by atoms with E-state index in [9.17, 15) is 0 Å². The lowest BCUT2D eigenvalue weighted by atomic mass is 10.3. The van der Waals surface area contributed by atoms with Crippen molar-refractivity contribution < 1.29 is 14.6 Å². The van der Waals surface area contributed by atoms with E-state index in [1.165, 1.54) is 11.3 Å².